The fourth-order valence-electron chi connectivity index (χ4n) is 2.37. The molecule has 7 heteroatoms. The highest BCUT2D eigenvalue weighted by Gasteiger charge is 2.04. The third kappa shape index (κ3) is 7.43. The third-order valence-corrected chi connectivity index (χ3v) is 3.73. The maximum absolute atomic E-state index is 13.6. The average Bonchev–Trinajstić information content (AvgIpc) is 2.66. The largest absolute Gasteiger partial charge is 0.357 e. The lowest BCUT2D eigenvalue weighted by molar-refractivity contribution is -0.120. The fourth-order valence-corrected chi connectivity index (χ4v) is 2.37. The van der Waals surface area contributed by atoms with Crippen LogP contribution in [-0.4, -0.2) is 31.5 Å². The van der Waals surface area contributed by atoms with Gasteiger partial charge in [-0.3, -0.25) is 4.79 Å². The van der Waals surface area contributed by atoms with Crippen LogP contribution in [0.4, 0.5) is 8.78 Å². The number of amides is 1. The molecule has 0 spiro atoms. The van der Waals surface area contributed by atoms with Crippen molar-refractivity contribution in [1.82, 2.24) is 16.0 Å². The zero-order valence-corrected chi connectivity index (χ0v) is 15.3. The second kappa shape index (κ2) is 10.9. The van der Waals surface area contributed by atoms with Gasteiger partial charge in [-0.1, -0.05) is 30.3 Å². The van der Waals surface area contributed by atoms with Crippen LogP contribution in [0.2, 0.25) is 0 Å². The number of carbonyl (C=O) groups is 1. The Kier molecular flexibility index (Phi) is 8.22. The van der Waals surface area contributed by atoms with E-state index in [0.29, 0.717) is 31.2 Å². The number of guanidine groups is 1. The molecular weight excluding hydrogens is 350 g/mol. The molecular formula is C20H24F2N4O. The summed E-state index contributed by atoms with van der Waals surface area (Å²) in [7, 11) is 0. The van der Waals surface area contributed by atoms with Gasteiger partial charge in [-0.15, -0.1) is 0 Å². The van der Waals surface area contributed by atoms with Crippen LogP contribution in [0.15, 0.2) is 53.5 Å². The van der Waals surface area contributed by atoms with E-state index >= 15 is 0 Å². The third-order valence-electron chi connectivity index (χ3n) is 3.73. The van der Waals surface area contributed by atoms with Gasteiger partial charge < -0.3 is 16.0 Å². The zero-order valence-electron chi connectivity index (χ0n) is 15.3. The van der Waals surface area contributed by atoms with E-state index in [1.807, 2.05) is 6.92 Å². The molecule has 2 aromatic rings. The summed E-state index contributed by atoms with van der Waals surface area (Å²) in [6, 6.07) is 12.3. The zero-order chi connectivity index (χ0) is 19.5. The Labute approximate surface area is 157 Å². The van der Waals surface area contributed by atoms with Gasteiger partial charge in [0.1, 0.15) is 11.6 Å². The molecule has 3 N–H and O–H groups in total. The molecule has 0 atom stereocenters. The summed E-state index contributed by atoms with van der Waals surface area (Å²) >= 11 is 0. The SMILES string of the molecule is CCNC(=NCc1ccccc1F)NCCNC(=O)Cc1ccc(F)cc1. The molecule has 5 nitrogen and oxygen atoms in total. The number of nitrogens with one attached hydrogen (secondary N) is 3. The van der Waals surface area contributed by atoms with Gasteiger partial charge in [0.25, 0.3) is 0 Å². The van der Waals surface area contributed by atoms with E-state index in [0.717, 1.165) is 5.56 Å². The first kappa shape index (κ1) is 20.4. The Hall–Kier alpha value is -2.96. The van der Waals surface area contributed by atoms with E-state index in [-0.39, 0.29) is 30.5 Å². The number of benzene rings is 2. The molecule has 0 unspecified atom stereocenters. The quantitative estimate of drug-likeness (QED) is 0.378. The standard InChI is InChI=1S/C20H24F2N4O/c1-2-23-20(26-14-16-5-3-4-6-18(16)22)25-12-11-24-19(27)13-15-7-9-17(21)10-8-15/h3-10H,2,11-14H2,1H3,(H,24,27)(H2,23,25,26). The first-order valence-electron chi connectivity index (χ1n) is 8.85. The minimum Gasteiger partial charge on any atom is -0.357 e. The van der Waals surface area contributed by atoms with Crippen molar-refractivity contribution >= 4 is 11.9 Å². The molecule has 0 aromatic heterocycles. The summed E-state index contributed by atoms with van der Waals surface area (Å²) < 4.78 is 26.5. The Morgan fingerprint density at radius 2 is 1.67 bits per heavy atom. The fraction of sp³-hybridized carbons (Fsp3) is 0.300. The van der Waals surface area contributed by atoms with Crippen LogP contribution in [0.25, 0.3) is 0 Å². The van der Waals surface area contributed by atoms with Crippen molar-refractivity contribution in [3.8, 4) is 0 Å². The monoisotopic (exact) mass is 374 g/mol. The predicted octanol–water partition coefficient (Wildman–Crippen LogP) is 2.38. The summed E-state index contributed by atoms with van der Waals surface area (Å²) in [6.45, 7) is 3.70. The number of hydrogen-bond acceptors (Lipinski definition) is 2. The molecule has 2 rings (SSSR count). The topological polar surface area (TPSA) is 65.5 Å². The molecule has 144 valence electrons. The van der Waals surface area contributed by atoms with Gasteiger partial charge in [0.15, 0.2) is 5.96 Å². The number of halogens is 2. The predicted molar refractivity (Wildman–Crippen MR) is 102 cm³/mol. The van der Waals surface area contributed by atoms with Gasteiger partial charge in [-0.2, -0.15) is 0 Å². The molecule has 0 bridgehead atoms. The average molecular weight is 374 g/mol. The molecule has 0 saturated heterocycles. The minimum absolute atomic E-state index is 0.142. The van der Waals surface area contributed by atoms with E-state index in [4.69, 9.17) is 0 Å². The molecule has 0 aliphatic rings. The van der Waals surface area contributed by atoms with Crippen LogP contribution >= 0.6 is 0 Å². The number of hydrogen-bond donors (Lipinski definition) is 3. The second-order valence-corrected chi connectivity index (χ2v) is 5.87. The highest BCUT2D eigenvalue weighted by Crippen LogP contribution is 2.07. The molecule has 0 saturated carbocycles. The van der Waals surface area contributed by atoms with Crippen molar-refractivity contribution < 1.29 is 13.6 Å². The second-order valence-electron chi connectivity index (χ2n) is 5.87. The molecule has 0 radical (unpaired) electrons. The summed E-state index contributed by atoms with van der Waals surface area (Å²) in [5.41, 5.74) is 1.27. The van der Waals surface area contributed by atoms with Crippen LogP contribution in [0.3, 0.4) is 0 Å². The first-order chi connectivity index (χ1) is 13.1. The molecule has 0 fully saturated rings. The van der Waals surface area contributed by atoms with Crippen LogP contribution < -0.4 is 16.0 Å². The Morgan fingerprint density at radius 1 is 0.963 bits per heavy atom. The van der Waals surface area contributed by atoms with E-state index in [1.54, 1.807) is 30.3 Å². The molecule has 1 amide bonds. The highest BCUT2D eigenvalue weighted by molar-refractivity contribution is 5.80. The summed E-state index contributed by atoms with van der Waals surface area (Å²) in [6.07, 6.45) is 0.196. The summed E-state index contributed by atoms with van der Waals surface area (Å²) in [4.78, 5) is 16.2. The van der Waals surface area contributed by atoms with Crippen molar-refractivity contribution in [1.29, 1.82) is 0 Å². The normalized spacial score (nSPS) is 11.1. The Bertz CT molecular complexity index is 763. The van der Waals surface area contributed by atoms with E-state index < -0.39 is 0 Å². The number of rotatable bonds is 8. The molecule has 0 aliphatic heterocycles. The number of carbonyl (C=O) groups excluding carboxylic acids is 1. The Morgan fingerprint density at radius 3 is 2.37 bits per heavy atom. The van der Waals surface area contributed by atoms with Crippen LogP contribution in [0, 0.1) is 11.6 Å². The summed E-state index contributed by atoms with van der Waals surface area (Å²) in [5, 5.41) is 8.95. The smallest absolute Gasteiger partial charge is 0.224 e. The molecule has 27 heavy (non-hydrogen) atoms. The van der Waals surface area contributed by atoms with Gasteiger partial charge in [0.05, 0.1) is 13.0 Å². The maximum Gasteiger partial charge on any atom is 0.224 e. The van der Waals surface area contributed by atoms with Crippen LogP contribution in [0.5, 0.6) is 0 Å². The van der Waals surface area contributed by atoms with E-state index in [9.17, 15) is 13.6 Å². The van der Waals surface area contributed by atoms with Gasteiger partial charge in [-0.05, 0) is 30.7 Å². The lowest BCUT2D eigenvalue weighted by Crippen LogP contribution is -2.41. The molecule has 0 aliphatic carbocycles. The Balaban J connectivity index is 1.75. The number of aliphatic imine (C=N–C) groups is 1. The maximum atomic E-state index is 13.6. The summed E-state index contributed by atoms with van der Waals surface area (Å²) in [5.74, 6) is -0.204. The van der Waals surface area contributed by atoms with E-state index in [1.165, 1.54) is 18.2 Å². The van der Waals surface area contributed by atoms with Gasteiger partial charge in [-0.25, -0.2) is 13.8 Å². The van der Waals surface area contributed by atoms with Crippen molar-refractivity contribution in [3.63, 3.8) is 0 Å². The van der Waals surface area contributed by atoms with Crippen LogP contribution in [0.1, 0.15) is 18.1 Å². The van der Waals surface area contributed by atoms with Crippen molar-refractivity contribution in [2.45, 2.75) is 19.9 Å². The minimum atomic E-state index is -0.325. The van der Waals surface area contributed by atoms with Crippen molar-refractivity contribution in [2.75, 3.05) is 19.6 Å². The van der Waals surface area contributed by atoms with Gasteiger partial charge in [0, 0.05) is 25.2 Å². The highest BCUT2D eigenvalue weighted by atomic mass is 19.1. The lowest BCUT2D eigenvalue weighted by Gasteiger charge is -2.12. The van der Waals surface area contributed by atoms with Crippen molar-refractivity contribution in [3.05, 3.63) is 71.3 Å². The van der Waals surface area contributed by atoms with Gasteiger partial charge >= 0.3 is 0 Å². The molecule has 0 heterocycles. The number of nitrogens with zero attached hydrogens (tertiary/aromatic N) is 1. The molecule has 2 aromatic carbocycles. The lowest BCUT2D eigenvalue weighted by atomic mass is 10.1. The van der Waals surface area contributed by atoms with Crippen LogP contribution in [-0.2, 0) is 17.8 Å². The first-order valence-corrected chi connectivity index (χ1v) is 8.85. The van der Waals surface area contributed by atoms with E-state index in [2.05, 4.69) is 20.9 Å². The van der Waals surface area contributed by atoms with Crippen molar-refractivity contribution in [2.24, 2.45) is 4.99 Å². The van der Waals surface area contributed by atoms with Gasteiger partial charge in [0.2, 0.25) is 5.91 Å².